The number of carbonyl (C=O) groups excluding carboxylic acids is 2. The van der Waals surface area contributed by atoms with Gasteiger partial charge in [0.15, 0.2) is 6.54 Å². The molecule has 3 N–H and O–H groups in total. The van der Waals surface area contributed by atoms with Gasteiger partial charge in [0.05, 0.1) is 29.2 Å². The van der Waals surface area contributed by atoms with Crippen LogP contribution in [0.3, 0.4) is 0 Å². The molecule has 0 aliphatic carbocycles. The van der Waals surface area contributed by atoms with Crippen molar-refractivity contribution in [2.45, 2.75) is 18.6 Å². The molecule has 164 valence electrons. The molecule has 1 atom stereocenters. The smallest absolute Gasteiger partial charge is 0.430 e. The number of likely N-dealkylation sites (N-methyl/N-ethyl adjacent to an activating group) is 1. The fraction of sp³-hybridized carbons (Fsp3) is 0.438. The van der Waals surface area contributed by atoms with Crippen molar-refractivity contribution in [1.29, 1.82) is 0 Å². The second-order valence-electron chi connectivity index (χ2n) is 6.80. The SMILES string of the molecule is C[N+](C)(C)CC(=O)N[C@@H](Cc1cc(Br)c(O)c(I)c1)C(=O)O.O=C([O-])C(F)(F)F. The lowest BCUT2D eigenvalue weighted by molar-refractivity contribution is -0.862. The van der Waals surface area contributed by atoms with Crippen molar-refractivity contribution < 1.29 is 47.4 Å². The zero-order chi connectivity index (χ0) is 23.2. The summed E-state index contributed by atoms with van der Waals surface area (Å²) in [4.78, 5) is 32.1. The highest BCUT2D eigenvalue weighted by Crippen LogP contribution is 2.30. The molecule has 0 fully saturated rings. The zero-order valence-corrected chi connectivity index (χ0v) is 19.3. The summed E-state index contributed by atoms with van der Waals surface area (Å²) in [6.07, 6.45) is -5.05. The molecule has 0 heterocycles. The van der Waals surface area contributed by atoms with E-state index in [0.717, 1.165) is 0 Å². The molecule has 0 spiro atoms. The number of quaternary nitrogens is 1. The monoisotopic (exact) mass is 598 g/mol. The van der Waals surface area contributed by atoms with Crippen LogP contribution in [0, 0.1) is 3.57 Å². The first kappa shape index (κ1) is 27.4. The third-order valence-electron chi connectivity index (χ3n) is 3.00. The third-order valence-corrected chi connectivity index (χ3v) is 4.43. The zero-order valence-electron chi connectivity index (χ0n) is 15.5. The van der Waals surface area contributed by atoms with Crippen LogP contribution in [0.25, 0.3) is 0 Å². The van der Waals surface area contributed by atoms with Crippen LogP contribution in [0.15, 0.2) is 16.6 Å². The summed E-state index contributed by atoms with van der Waals surface area (Å²) in [6, 6.07) is 2.34. The van der Waals surface area contributed by atoms with E-state index >= 15 is 0 Å². The van der Waals surface area contributed by atoms with Crippen molar-refractivity contribution in [3.63, 3.8) is 0 Å². The molecule has 1 rings (SSSR count). The molecule has 0 aliphatic heterocycles. The number of carbonyl (C=O) groups is 3. The largest absolute Gasteiger partial charge is 0.542 e. The molecular weight excluding hydrogens is 580 g/mol. The Kier molecular flexibility index (Phi) is 10.4. The van der Waals surface area contributed by atoms with E-state index in [1.165, 1.54) is 0 Å². The second kappa shape index (κ2) is 11.0. The van der Waals surface area contributed by atoms with E-state index in [4.69, 9.17) is 9.90 Å². The molecule has 0 aliphatic rings. The number of amides is 1. The molecule has 1 aromatic rings. The molecule has 0 saturated heterocycles. The fourth-order valence-corrected chi connectivity index (χ4v) is 3.41. The van der Waals surface area contributed by atoms with Gasteiger partial charge in [0.25, 0.3) is 5.91 Å². The van der Waals surface area contributed by atoms with Gasteiger partial charge >= 0.3 is 12.1 Å². The Morgan fingerprint density at radius 3 is 2.10 bits per heavy atom. The highest BCUT2D eigenvalue weighted by atomic mass is 127. The van der Waals surface area contributed by atoms with Crippen LogP contribution in [0.2, 0.25) is 0 Å². The number of carboxylic acid groups (broad SMARTS) is 2. The molecule has 1 amide bonds. The third kappa shape index (κ3) is 11.2. The van der Waals surface area contributed by atoms with E-state index < -0.39 is 24.2 Å². The number of aliphatic carboxylic acids is 2. The average molecular weight is 599 g/mol. The summed E-state index contributed by atoms with van der Waals surface area (Å²) in [6.45, 7) is 0.195. The van der Waals surface area contributed by atoms with Crippen molar-refractivity contribution >= 4 is 56.4 Å². The summed E-state index contributed by atoms with van der Waals surface area (Å²) >= 11 is 5.19. The van der Waals surface area contributed by atoms with Crippen LogP contribution in [0.5, 0.6) is 5.75 Å². The lowest BCUT2D eigenvalue weighted by atomic mass is 10.1. The number of rotatable bonds is 6. The number of nitrogens with one attached hydrogen (secondary N) is 1. The van der Waals surface area contributed by atoms with E-state index in [-0.39, 0.29) is 24.6 Å². The number of halogens is 5. The molecule has 8 nitrogen and oxygen atoms in total. The van der Waals surface area contributed by atoms with Gasteiger partial charge in [0, 0.05) is 6.42 Å². The predicted molar refractivity (Wildman–Crippen MR) is 106 cm³/mol. The maximum Gasteiger partial charge on any atom is 0.430 e. The van der Waals surface area contributed by atoms with Crippen LogP contribution in [0.4, 0.5) is 13.2 Å². The number of hydrogen-bond donors (Lipinski definition) is 3. The van der Waals surface area contributed by atoms with Gasteiger partial charge in [-0.15, -0.1) is 0 Å². The Labute approximate surface area is 186 Å². The van der Waals surface area contributed by atoms with Crippen molar-refractivity contribution in [2.75, 3.05) is 27.7 Å². The Bertz CT molecular complexity index is 745. The molecule has 0 unspecified atom stereocenters. The van der Waals surface area contributed by atoms with Crippen molar-refractivity contribution in [2.24, 2.45) is 0 Å². The Balaban J connectivity index is 0.000000956. The fourth-order valence-electron chi connectivity index (χ4n) is 1.84. The summed E-state index contributed by atoms with van der Waals surface area (Å²) in [7, 11) is 5.57. The number of hydrogen-bond acceptors (Lipinski definition) is 5. The molecule has 0 saturated carbocycles. The van der Waals surface area contributed by atoms with Gasteiger partial charge in [-0.2, -0.15) is 13.2 Å². The van der Waals surface area contributed by atoms with E-state index in [9.17, 15) is 33.0 Å². The van der Waals surface area contributed by atoms with E-state index in [0.29, 0.717) is 18.1 Å². The number of aromatic hydroxyl groups is 1. The molecule has 0 bridgehead atoms. The Morgan fingerprint density at radius 1 is 1.28 bits per heavy atom. The number of nitrogens with zero attached hydrogens (tertiary/aromatic N) is 1. The molecule has 1 aromatic carbocycles. The lowest BCUT2D eigenvalue weighted by Crippen LogP contribution is -2.49. The first-order valence-electron chi connectivity index (χ1n) is 7.71. The maximum atomic E-state index is 11.9. The van der Waals surface area contributed by atoms with Crippen LogP contribution in [-0.4, -0.2) is 72.4 Å². The Hall–Kier alpha value is -1.61. The first-order valence-corrected chi connectivity index (χ1v) is 9.59. The van der Waals surface area contributed by atoms with Crippen molar-refractivity contribution in [3.05, 3.63) is 25.7 Å². The highest BCUT2D eigenvalue weighted by Gasteiger charge is 2.29. The number of carboxylic acids is 2. The van der Waals surface area contributed by atoms with Gasteiger partial charge < -0.3 is 29.9 Å². The standard InChI is InChI=1S/C14H18BrIN2O4.C2HF3O2/c1-18(2,3)7-12(19)17-11(14(21)22)6-8-4-9(15)13(20)10(16)5-8;3-2(4,5)1(6)7/h4-5,11H,6-7H2,1-3H3,(H2-,17,19,20,21,22);(H,6,7)/t11-;/m0./s1. The quantitative estimate of drug-likeness (QED) is 0.330. The second-order valence-corrected chi connectivity index (χ2v) is 8.82. The number of phenolic OH excluding ortho intramolecular Hbond substituents is 1. The van der Waals surface area contributed by atoms with E-state index in [1.807, 2.05) is 43.7 Å². The van der Waals surface area contributed by atoms with Crippen LogP contribution in [0.1, 0.15) is 5.56 Å². The van der Waals surface area contributed by atoms with Crippen molar-refractivity contribution in [3.8, 4) is 5.75 Å². The van der Waals surface area contributed by atoms with Crippen molar-refractivity contribution in [1.82, 2.24) is 5.32 Å². The predicted octanol–water partition coefficient (Wildman–Crippen LogP) is 0.876. The van der Waals surface area contributed by atoms with Crippen LogP contribution >= 0.6 is 38.5 Å². The summed E-state index contributed by atoms with van der Waals surface area (Å²) in [5, 5.41) is 30.3. The van der Waals surface area contributed by atoms with E-state index in [2.05, 4.69) is 21.2 Å². The maximum absolute atomic E-state index is 11.9. The van der Waals surface area contributed by atoms with Gasteiger partial charge in [-0.3, -0.25) is 4.79 Å². The molecular formula is C16H19BrF3IN2O6. The molecule has 0 aromatic heterocycles. The average Bonchev–Trinajstić information content (AvgIpc) is 2.49. The summed E-state index contributed by atoms with van der Waals surface area (Å²) in [5.74, 6) is -4.29. The lowest BCUT2D eigenvalue weighted by Gasteiger charge is -2.24. The van der Waals surface area contributed by atoms with Gasteiger partial charge in [-0.1, -0.05) is 0 Å². The summed E-state index contributed by atoms with van der Waals surface area (Å²) < 4.78 is 33.1. The highest BCUT2D eigenvalue weighted by molar-refractivity contribution is 14.1. The van der Waals surface area contributed by atoms with E-state index in [1.54, 1.807) is 12.1 Å². The van der Waals surface area contributed by atoms with Gasteiger partial charge in [-0.25, -0.2) is 4.79 Å². The number of benzene rings is 1. The number of phenols is 1. The normalized spacial score (nSPS) is 12.4. The molecule has 13 heteroatoms. The van der Waals surface area contributed by atoms with Crippen LogP contribution in [-0.2, 0) is 20.8 Å². The topological polar surface area (TPSA) is 127 Å². The molecule has 0 radical (unpaired) electrons. The minimum atomic E-state index is -5.19. The minimum Gasteiger partial charge on any atom is -0.542 e. The van der Waals surface area contributed by atoms with Crippen LogP contribution < -0.4 is 10.4 Å². The van der Waals surface area contributed by atoms with Gasteiger partial charge in [0.2, 0.25) is 0 Å². The Morgan fingerprint density at radius 2 is 1.76 bits per heavy atom. The van der Waals surface area contributed by atoms with Gasteiger partial charge in [-0.05, 0) is 56.2 Å². The number of alkyl halides is 3. The molecule has 29 heavy (non-hydrogen) atoms. The van der Waals surface area contributed by atoms with Gasteiger partial charge in [0.1, 0.15) is 17.8 Å². The minimum absolute atomic E-state index is 0.116. The summed E-state index contributed by atoms with van der Waals surface area (Å²) in [5.41, 5.74) is 0.715. The first-order chi connectivity index (χ1) is 12.9.